The van der Waals surface area contributed by atoms with E-state index in [0.717, 1.165) is 32.5 Å². The molecular formula is C16H24N2O. The Kier molecular flexibility index (Phi) is 4.59. The molecule has 0 radical (unpaired) electrons. The largest absolute Gasteiger partial charge is 0.341 e. The number of amides is 1. The second-order valence-corrected chi connectivity index (χ2v) is 5.72. The maximum atomic E-state index is 11.6. The van der Waals surface area contributed by atoms with Crippen LogP contribution >= 0.6 is 0 Å². The van der Waals surface area contributed by atoms with E-state index in [4.69, 9.17) is 0 Å². The molecule has 19 heavy (non-hydrogen) atoms. The number of benzene rings is 1. The predicted octanol–water partition coefficient (Wildman–Crippen LogP) is 2.40. The number of aryl methyl sites for hydroxylation is 2. The van der Waals surface area contributed by atoms with Crippen LogP contribution in [0.15, 0.2) is 18.2 Å². The van der Waals surface area contributed by atoms with E-state index in [0.29, 0.717) is 11.9 Å². The maximum Gasteiger partial charge on any atom is 0.222 e. The van der Waals surface area contributed by atoms with Crippen LogP contribution in [0.1, 0.15) is 36.5 Å². The molecule has 1 N–H and O–H groups in total. The fraction of sp³-hybridized carbons (Fsp3) is 0.562. The summed E-state index contributed by atoms with van der Waals surface area (Å²) in [6.07, 6.45) is 1.74. The molecule has 1 aromatic carbocycles. The van der Waals surface area contributed by atoms with E-state index in [2.05, 4.69) is 44.3 Å². The molecule has 0 bridgehead atoms. The lowest BCUT2D eigenvalue weighted by Gasteiger charge is -2.22. The Morgan fingerprint density at radius 3 is 2.53 bits per heavy atom. The molecule has 1 aromatic rings. The summed E-state index contributed by atoms with van der Waals surface area (Å²) >= 11 is 0. The minimum Gasteiger partial charge on any atom is -0.341 e. The van der Waals surface area contributed by atoms with Crippen molar-refractivity contribution in [2.45, 2.75) is 46.2 Å². The Hall–Kier alpha value is -1.35. The van der Waals surface area contributed by atoms with Gasteiger partial charge in [-0.15, -0.1) is 0 Å². The molecule has 1 fully saturated rings. The van der Waals surface area contributed by atoms with Crippen LogP contribution in [0.2, 0.25) is 0 Å². The summed E-state index contributed by atoms with van der Waals surface area (Å²) in [7, 11) is 0. The Bertz CT molecular complexity index is 436. The van der Waals surface area contributed by atoms with Crippen LogP contribution in [0.3, 0.4) is 0 Å². The van der Waals surface area contributed by atoms with Crippen molar-refractivity contribution < 1.29 is 4.79 Å². The number of likely N-dealkylation sites (tertiary alicyclic amines) is 1. The molecule has 2 rings (SSSR count). The lowest BCUT2D eigenvalue weighted by atomic mass is 10.1. The summed E-state index contributed by atoms with van der Waals surface area (Å²) in [5.41, 5.74) is 3.93. The molecule has 1 saturated heterocycles. The summed E-state index contributed by atoms with van der Waals surface area (Å²) in [6, 6.07) is 6.96. The van der Waals surface area contributed by atoms with Gasteiger partial charge in [0.15, 0.2) is 0 Å². The molecule has 1 aliphatic heterocycles. The van der Waals surface area contributed by atoms with Gasteiger partial charge >= 0.3 is 0 Å². The van der Waals surface area contributed by atoms with Crippen molar-refractivity contribution in [1.29, 1.82) is 0 Å². The molecule has 104 valence electrons. The first-order chi connectivity index (χ1) is 9.04. The fourth-order valence-corrected chi connectivity index (χ4v) is 2.76. The Morgan fingerprint density at radius 2 is 1.95 bits per heavy atom. The number of rotatable bonds is 5. The van der Waals surface area contributed by atoms with Gasteiger partial charge in [-0.2, -0.15) is 0 Å². The minimum atomic E-state index is 0.306. The number of nitrogens with one attached hydrogen (secondary N) is 1. The molecule has 0 saturated carbocycles. The SMILES string of the molecule is Cc1cc(C)cc(CNC(C)CN2CCCC2=O)c1. The normalized spacial score (nSPS) is 17.0. The summed E-state index contributed by atoms with van der Waals surface area (Å²) in [4.78, 5) is 13.5. The molecule has 0 spiro atoms. The van der Waals surface area contributed by atoms with Crippen molar-refractivity contribution in [2.24, 2.45) is 0 Å². The van der Waals surface area contributed by atoms with E-state index in [9.17, 15) is 4.79 Å². The number of nitrogens with zero attached hydrogens (tertiary/aromatic N) is 1. The molecule has 3 heteroatoms. The highest BCUT2D eigenvalue weighted by Gasteiger charge is 2.21. The topological polar surface area (TPSA) is 32.3 Å². The molecule has 1 aliphatic rings. The van der Waals surface area contributed by atoms with Crippen molar-refractivity contribution in [2.75, 3.05) is 13.1 Å². The third kappa shape index (κ3) is 4.06. The van der Waals surface area contributed by atoms with Gasteiger partial charge in [0.1, 0.15) is 0 Å². The van der Waals surface area contributed by atoms with E-state index < -0.39 is 0 Å². The molecule has 0 aliphatic carbocycles. The predicted molar refractivity (Wildman–Crippen MR) is 78.0 cm³/mol. The lowest BCUT2D eigenvalue weighted by molar-refractivity contribution is -0.127. The standard InChI is InChI=1S/C16H24N2O/c1-12-7-13(2)9-15(8-12)10-17-14(3)11-18-6-4-5-16(18)19/h7-9,14,17H,4-6,10-11H2,1-3H3. The summed E-state index contributed by atoms with van der Waals surface area (Å²) < 4.78 is 0. The monoisotopic (exact) mass is 260 g/mol. The average Bonchev–Trinajstić information content (AvgIpc) is 2.71. The van der Waals surface area contributed by atoms with Gasteiger partial charge in [-0.25, -0.2) is 0 Å². The molecular weight excluding hydrogens is 236 g/mol. The van der Waals surface area contributed by atoms with Crippen LogP contribution in [0.5, 0.6) is 0 Å². The molecule has 1 unspecified atom stereocenters. The molecule has 0 aromatic heterocycles. The van der Waals surface area contributed by atoms with Gasteiger partial charge in [0.2, 0.25) is 5.91 Å². The highest BCUT2D eigenvalue weighted by molar-refractivity contribution is 5.78. The van der Waals surface area contributed by atoms with Crippen molar-refractivity contribution in [3.63, 3.8) is 0 Å². The van der Waals surface area contributed by atoms with Crippen LogP contribution in [-0.2, 0) is 11.3 Å². The molecule has 1 atom stereocenters. The smallest absolute Gasteiger partial charge is 0.222 e. The third-order valence-electron chi connectivity index (χ3n) is 3.60. The first-order valence-corrected chi connectivity index (χ1v) is 7.13. The van der Waals surface area contributed by atoms with Crippen LogP contribution in [0.4, 0.5) is 0 Å². The third-order valence-corrected chi connectivity index (χ3v) is 3.60. The highest BCUT2D eigenvalue weighted by atomic mass is 16.2. The molecule has 1 heterocycles. The second-order valence-electron chi connectivity index (χ2n) is 5.72. The zero-order valence-corrected chi connectivity index (χ0v) is 12.2. The van der Waals surface area contributed by atoms with Crippen molar-refractivity contribution in [1.82, 2.24) is 10.2 Å². The Morgan fingerprint density at radius 1 is 1.26 bits per heavy atom. The average molecular weight is 260 g/mol. The van der Waals surface area contributed by atoms with E-state index in [1.54, 1.807) is 0 Å². The van der Waals surface area contributed by atoms with Gasteiger partial charge < -0.3 is 10.2 Å². The van der Waals surface area contributed by atoms with Crippen LogP contribution in [-0.4, -0.2) is 29.9 Å². The van der Waals surface area contributed by atoms with Gasteiger partial charge in [0, 0.05) is 32.1 Å². The van der Waals surface area contributed by atoms with Gasteiger partial charge in [-0.05, 0) is 32.8 Å². The summed E-state index contributed by atoms with van der Waals surface area (Å²) in [6.45, 7) is 9.02. The number of carbonyl (C=O) groups excluding carboxylic acids is 1. The molecule has 1 amide bonds. The van der Waals surface area contributed by atoms with Gasteiger partial charge in [0.25, 0.3) is 0 Å². The summed E-state index contributed by atoms with van der Waals surface area (Å²) in [5.74, 6) is 0.306. The molecule has 3 nitrogen and oxygen atoms in total. The van der Waals surface area contributed by atoms with E-state index >= 15 is 0 Å². The maximum absolute atomic E-state index is 11.6. The lowest BCUT2D eigenvalue weighted by Crippen LogP contribution is -2.39. The van der Waals surface area contributed by atoms with Gasteiger partial charge in [-0.1, -0.05) is 29.3 Å². The Balaban J connectivity index is 1.82. The van der Waals surface area contributed by atoms with E-state index in [1.165, 1.54) is 16.7 Å². The van der Waals surface area contributed by atoms with Gasteiger partial charge in [-0.3, -0.25) is 4.79 Å². The fourth-order valence-electron chi connectivity index (χ4n) is 2.76. The Labute approximate surface area is 116 Å². The van der Waals surface area contributed by atoms with Crippen molar-refractivity contribution in [3.8, 4) is 0 Å². The number of hydrogen-bond donors (Lipinski definition) is 1. The zero-order chi connectivity index (χ0) is 13.8. The number of hydrogen-bond acceptors (Lipinski definition) is 2. The number of carbonyl (C=O) groups is 1. The van der Waals surface area contributed by atoms with E-state index in [1.807, 2.05) is 4.90 Å². The summed E-state index contributed by atoms with van der Waals surface area (Å²) in [5, 5.41) is 3.51. The van der Waals surface area contributed by atoms with Crippen LogP contribution in [0, 0.1) is 13.8 Å². The minimum absolute atomic E-state index is 0.306. The first-order valence-electron chi connectivity index (χ1n) is 7.13. The van der Waals surface area contributed by atoms with Crippen molar-refractivity contribution in [3.05, 3.63) is 34.9 Å². The van der Waals surface area contributed by atoms with Crippen LogP contribution in [0.25, 0.3) is 0 Å². The van der Waals surface area contributed by atoms with Gasteiger partial charge in [0.05, 0.1) is 0 Å². The van der Waals surface area contributed by atoms with Crippen LogP contribution < -0.4 is 5.32 Å². The van der Waals surface area contributed by atoms with Crippen molar-refractivity contribution >= 4 is 5.91 Å². The second kappa shape index (κ2) is 6.20. The first kappa shape index (κ1) is 14.1. The highest BCUT2D eigenvalue weighted by Crippen LogP contribution is 2.11. The quantitative estimate of drug-likeness (QED) is 0.881. The van der Waals surface area contributed by atoms with E-state index in [-0.39, 0.29) is 0 Å². The zero-order valence-electron chi connectivity index (χ0n) is 12.2.